The van der Waals surface area contributed by atoms with E-state index in [1.54, 1.807) is 42.7 Å². The van der Waals surface area contributed by atoms with Crippen LogP contribution in [0, 0.1) is 0 Å². The largest absolute Gasteiger partial charge is 0.495 e. The first-order chi connectivity index (χ1) is 15.7. The van der Waals surface area contributed by atoms with Crippen LogP contribution in [0.3, 0.4) is 0 Å². The lowest BCUT2D eigenvalue weighted by Crippen LogP contribution is -2.28. The highest BCUT2D eigenvalue weighted by Crippen LogP contribution is 2.34. The molecular weight excluding hydrogens is 430 g/mol. The average Bonchev–Trinajstić information content (AvgIpc) is 3.63. The molecule has 1 aromatic carbocycles. The molecule has 4 aromatic rings. The molecule has 10 heteroatoms. The second-order valence-electron chi connectivity index (χ2n) is 6.94. The predicted octanol–water partition coefficient (Wildman–Crippen LogP) is 3.93. The Balaban J connectivity index is 1.36. The highest BCUT2D eigenvalue weighted by atomic mass is 32.2. The van der Waals surface area contributed by atoms with Crippen LogP contribution in [0.2, 0.25) is 0 Å². The first-order valence-electron chi connectivity index (χ1n) is 9.87. The number of thioether (sulfide) groups is 1. The number of benzene rings is 1. The third-order valence-corrected chi connectivity index (χ3v) is 5.96. The molecule has 0 N–H and O–H groups in total. The molecule has 0 saturated carbocycles. The number of hydrogen-bond acceptors (Lipinski definition) is 8. The Morgan fingerprint density at radius 3 is 2.78 bits per heavy atom. The summed E-state index contributed by atoms with van der Waals surface area (Å²) in [6.07, 6.45) is 5.28. The third kappa shape index (κ3) is 3.80. The first-order valence-corrected chi connectivity index (χ1v) is 10.9. The minimum atomic E-state index is -0.328. The Kier molecular flexibility index (Phi) is 5.51. The average molecular weight is 449 g/mol. The molecule has 162 valence electrons. The zero-order chi connectivity index (χ0) is 21.9. The second-order valence-corrected chi connectivity index (χ2v) is 7.88. The lowest BCUT2D eigenvalue weighted by atomic mass is 10.1. The zero-order valence-electron chi connectivity index (χ0n) is 17.1. The molecule has 0 bridgehead atoms. The number of carbonyl (C=O) groups excluding carboxylic acids is 1. The Bertz CT molecular complexity index is 1230. The maximum Gasteiger partial charge on any atom is 0.253 e. The molecule has 1 unspecified atom stereocenters. The summed E-state index contributed by atoms with van der Waals surface area (Å²) in [5, 5.41) is 14.8. The van der Waals surface area contributed by atoms with Crippen molar-refractivity contribution in [3.8, 4) is 11.4 Å². The van der Waals surface area contributed by atoms with Crippen LogP contribution >= 0.6 is 11.8 Å². The van der Waals surface area contributed by atoms with E-state index < -0.39 is 0 Å². The fourth-order valence-electron chi connectivity index (χ4n) is 3.54. The molecule has 1 amide bonds. The summed E-state index contributed by atoms with van der Waals surface area (Å²) in [5.74, 6) is 1.95. The van der Waals surface area contributed by atoms with Gasteiger partial charge in [-0.1, -0.05) is 23.9 Å². The van der Waals surface area contributed by atoms with E-state index >= 15 is 0 Å². The van der Waals surface area contributed by atoms with Crippen LogP contribution < -0.4 is 4.74 Å². The molecule has 0 aliphatic carbocycles. The van der Waals surface area contributed by atoms with Gasteiger partial charge in [-0.25, -0.2) is 5.01 Å². The van der Waals surface area contributed by atoms with Crippen molar-refractivity contribution in [2.75, 3.05) is 12.9 Å². The van der Waals surface area contributed by atoms with Gasteiger partial charge in [-0.15, -0.1) is 10.2 Å². The molecule has 1 atom stereocenters. The van der Waals surface area contributed by atoms with Crippen molar-refractivity contribution in [1.29, 1.82) is 0 Å². The number of hydrogen-bond donors (Lipinski definition) is 0. The molecule has 9 nitrogen and oxygen atoms in total. The van der Waals surface area contributed by atoms with Crippen molar-refractivity contribution >= 4 is 23.4 Å². The number of furan rings is 2. The van der Waals surface area contributed by atoms with Gasteiger partial charge in [-0.3, -0.25) is 9.36 Å². The normalized spacial score (nSPS) is 15.7. The quantitative estimate of drug-likeness (QED) is 0.394. The number of carbonyl (C=O) groups is 1. The van der Waals surface area contributed by atoms with Crippen molar-refractivity contribution in [2.24, 2.45) is 5.10 Å². The SMILES string of the molecule is COc1ccccc1-n1cnnc1SCC(=O)N1N=C(c2ccco2)CC1c1ccco1. The molecular formula is C22H19N5O4S. The molecule has 4 heterocycles. The highest BCUT2D eigenvalue weighted by molar-refractivity contribution is 7.99. The van der Waals surface area contributed by atoms with Gasteiger partial charge in [0, 0.05) is 6.42 Å². The van der Waals surface area contributed by atoms with Crippen LogP contribution in [-0.4, -0.2) is 44.3 Å². The van der Waals surface area contributed by atoms with Gasteiger partial charge >= 0.3 is 0 Å². The maximum absolute atomic E-state index is 13.2. The summed E-state index contributed by atoms with van der Waals surface area (Å²) in [6, 6.07) is 14.5. The van der Waals surface area contributed by atoms with Crippen molar-refractivity contribution in [3.63, 3.8) is 0 Å². The van der Waals surface area contributed by atoms with Gasteiger partial charge < -0.3 is 13.6 Å². The summed E-state index contributed by atoms with van der Waals surface area (Å²) in [4.78, 5) is 13.2. The molecule has 1 aliphatic heterocycles. The molecule has 0 fully saturated rings. The van der Waals surface area contributed by atoms with E-state index in [0.717, 1.165) is 5.69 Å². The second kappa shape index (κ2) is 8.75. The van der Waals surface area contributed by atoms with Gasteiger partial charge in [-0.05, 0) is 36.4 Å². The Hall–Kier alpha value is -3.79. The van der Waals surface area contributed by atoms with Crippen LogP contribution in [0.5, 0.6) is 5.75 Å². The number of nitrogens with zero attached hydrogens (tertiary/aromatic N) is 5. The zero-order valence-corrected chi connectivity index (χ0v) is 17.9. The smallest absolute Gasteiger partial charge is 0.253 e. The van der Waals surface area contributed by atoms with Crippen molar-refractivity contribution in [2.45, 2.75) is 17.6 Å². The summed E-state index contributed by atoms with van der Waals surface area (Å²) >= 11 is 1.28. The van der Waals surface area contributed by atoms with E-state index in [4.69, 9.17) is 13.6 Å². The number of amides is 1. The number of hydrazone groups is 1. The molecule has 0 saturated heterocycles. The number of methoxy groups -OCH3 is 1. The van der Waals surface area contributed by atoms with Gasteiger partial charge in [0.05, 0.1) is 31.1 Å². The van der Waals surface area contributed by atoms with Gasteiger partial charge in [0.25, 0.3) is 5.91 Å². The fourth-order valence-corrected chi connectivity index (χ4v) is 4.32. The van der Waals surface area contributed by atoms with E-state index in [1.165, 1.54) is 16.8 Å². The molecule has 32 heavy (non-hydrogen) atoms. The molecule has 3 aromatic heterocycles. The van der Waals surface area contributed by atoms with E-state index in [0.29, 0.717) is 34.6 Å². The summed E-state index contributed by atoms with van der Waals surface area (Å²) in [6.45, 7) is 0. The van der Waals surface area contributed by atoms with Crippen LogP contribution in [0.1, 0.15) is 24.0 Å². The monoisotopic (exact) mass is 449 g/mol. The van der Waals surface area contributed by atoms with Crippen LogP contribution in [0.15, 0.2) is 86.5 Å². The van der Waals surface area contributed by atoms with Crippen LogP contribution in [0.4, 0.5) is 0 Å². The summed E-state index contributed by atoms with van der Waals surface area (Å²) in [5.41, 5.74) is 1.50. The van der Waals surface area contributed by atoms with Gasteiger partial charge in [0.1, 0.15) is 35.4 Å². The number of para-hydroxylation sites is 2. The number of ether oxygens (including phenoxy) is 1. The van der Waals surface area contributed by atoms with Crippen LogP contribution in [0.25, 0.3) is 5.69 Å². The molecule has 0 radical (unpaired) electrons. The lowest BCUT2D eigenvalue weighted by molar-refractivity contribution is -0.130. The fraction of sp³-hybridized carbons (Fsp3) is 0.182. The summed E-state index contributed by atoms with van der Waals surface area (Å²) in [7, 11) is 1.61. The van der Waals surface area contributed by atoms with E-state index in [-0.39, 0.29) is 17.7 Å². The Labute approximate surface area is 187 Å². The van der Waals surface area contributed by atoms with Gasteiger partial charge in [0.2, 0.25) is 0 Å². The highest BCUT2D eigenvalue weighted by Gasteiger charge is 2.35. The van der Waals surface area contributed by atoms with E-state index in [9.17, 15) is 4.79 Å². The topological polar surface area (TPSA) is 98.9 Å². The molecule has 1 aliphatic rings. The Morgan fingerprint density at radius 2 is 2.00 bits per heavy atom. The Morgan fingerprint density at radius 1 is 1.16 bits per heavy atom. The number of aromatic nitrogens is 3. The van der Waals surface area contributed by atoms with Crippen molar-refractivity contribution in [1.82, 2.24) is 19.8 Å². The van der Waals surface area contributed by atoms with E-state index in [2.05, 4.69) is 15.3 Å². The van der Waals surface area contributed by atoms with Crippen molar-refractivity contribution < 1.29 is 18.4 Å². The van der Waals surface area contributed by atoms with E-state index in [1.807, 2.05) is 36.4 Å². The first kappa shape index (κ1) is 20.1. The predicted molar refractivity (Wildman–Crippen MR) is 117 cm³/mol. The number of rotatable bonds is 7. The molecule has 5 rings (SSSR count). The standard InChI is InChI=1S/C22H19N5O4S/c1-29-19-7-3-2-6-16(19)26-14-23-24-22(26)32-13-21(28)27-17(20-9-5-11-31-20)12-15(25-27)18-8-4-10-30-18/h2-11,14,17H,12-13H2,1H3. The third-order valence-electron chi connectivity index (χ3n) is 5.03. The summed E-state index contributed by atoms with van der Waals surface area (Å²) < 4.78 is 18.3. The molecule has 0 spiro atoms. The van der Waals surface area contributed by atoms with Crippen LogP contribution in [-0.2, 0) is 4.79 Å². The van der Waals surface area contributed by atoms with Crippen molar-refractivity contribution in [3.05, 3.63) is 78.9 Å². The van der Waals surface area contributed by atoms with Gasteiger partial charge in [-0.2, -0.15) is 5.10 Å². The minimum Gasteiger partial charge on any atom is -0.495 e. The minimum absolute atomic E-state index is 0.125. The maximum atomic E-state index is 13.2. The lowest BCUT2D eigenvalue weighted by Gasteiger charge is -2.19. The van der Waals surface area contributed by atoms with Gasteiger partial charge in [0.15, 0.2) is 5.16 Å².